The molecule has 0 saturated carbocycles. The van der Waals surface area contributed by atoms with Crippen LogP contribution in [-0.4, -0.2) is 49.9 Å². The number of ether oxygens (including phenoxy) is 2. The number of hydrogen-bond acceptors (Lipinski definition) is 5. The third-order valence-corrected chi connectivity index (χ3v) is 8.34. The largest absolute Gasteiger partial charge is 0.497 e. The summed E-state index contributed by atoms with van der Waals surface area (Å²) >= 11 is 3.62. The van der Waals surface area contributed by atoms with E-state index in [1.54, 1.807) is 14.2 Å². The van der Waals surface area contributed by atoms with Crippen LogP contribution in [-0.2, 0) is 5.60 Å². The predicted octanol–water partition coefficient (Wildman–Crippen LogP) is 7.92. The molecule has 1 N–H and O–H groups in total. The Hall–Kier alpha value is -3.45. The fourth-order valence-corrected chi connectivity index (χ4v) is 6.15. The molecule has 2 unspecified atom stereocenters. The number of hydrogen-bond donors (Lipinski definition) is 1. The van der Waals surface area contributed by atoms with Gasteiger partial charge in [0, 0.05) is 21.3 Å². The number of nitrogens with zero attached hydrogens (tertiary/aromatic N) is 2. The first-order chi connectivity index (χ1) is 19.8. The molecule has 5 rings (SSSR count). The van der Waals surface area contributed by atoms with Crippen molar-refractivity contribution < 1.29 is 14.6 Å². The smallest absolute Gasteiger partial charge is 0.217 e. The van der Waals surface area contributed by atoms with E-state index in [4.69, 9.17) is 14.5 Å². The third kappa shape index (κ3) is 6.25. The van der Waals surface area contributed by atoms with E-state index in [1.165, 1.54) is 0 Å². The van der Waals surface area contributed by atoms with Gasteiger partial charge in [0.2, 0.25) is 5.88 Å². The summed E-state index contributed by atoms with van der Waals surface area (Å²) in [4.78, 5) is 7.09. The Kier molecular flexibility index (Phi) is 8.93. The first kappa shape index (κ1) is 29.1. The molecule has 6 heteroatoms. The number of unbranched alkanes of at least 4 members (excludes halogenated alkanes) is 1. The Morgan fingerprint density at radius 1 is 0.829 bits per heavy atom. The van der Waals surface area contributed by atoms with Crippen LogP contribution in [0.4, 0.5) is 0 Å². The summed E-state index contributed by atoms with van der Waals surface area (Å²) in [5, 5.41) is 16.2. The molecular formula is C35H37BrN2O3. The van der Waals surface area contributed by atoms with Crippen molar-refractivity contribution in [2.24, 2.45) is 0 Å². The molecule has 5 aromatic rings. The zero-order valence-electron chi connectivity index (χ0n) is 24.1. The van der Waals surface area contributed by atoms with Crippen LogP contribution in [0, 0.1) is 0 Å². The Labute approximate surface area is 250 Å². The first-order valence-corrected chi connectivity index (χ1v) is 14.8. The molecule has 41 heavy (non-hydrogen) atoms. The molecule has 0 bridgehead atoms. The van der Waals surface area contributed by atoms with Crippen LogP contribution in [0.5, 0.6) is 11.6 Å². The van der Waals surface area contributed by atoms with Gasteiger partial charge < -0.3 is 19.5 Å². The van der Waals surface area contributed by atoms with Crippen molar-refractivity contribution in [3.8, 4) is 11.6 Å². The number of fused-ring (bicyclic) bond motifs is 2. The molecule has 1 heterocycles. The topological polar surface area (TPSA) is 54.8 Å². The summed E-state index contributed by atoms with van der Waals surface area (Å²) in [5.41, 5.74) is 2.33. The Morgan fingerprint density at radius 2 is 1.59 bits per heavy atom. The third-order valence-electron chi connectivity index (χ3n) is 7.84. The lowest BCUT2D eigenvalue weighted by Crippen LogP contribution is -2.35. The van der Waals surface area contributed by atoms with E-state index in [9.17, 15) is 5.11 Å². The molecule has 0 aliphatic rings. The summed E-state index contributed by atoms with van der Waals surface area (Å²) in [6, 6.07) is 30.7. The number of benzene rings is 4. The molecule has 5 nitrogen and oxygen atoms in total. The van der Waals surface area contributed by atoms with E-state index in [2.05, 4.69) is 83.5 Å². The first-order valence-electron chi connectivity index (χ1n) is 14.0. The van der Waals surface area contributed by atoms with Crippen LogP contribution in [0.3, 0.4) is 0 Å². The van der Waals surface area contributed by atoms with E-state index < -0.39 is 11.5 Å². The fraction of sp³-hybridized carbons (Fsp3) is 0.286. The van der Waals surface area contributed by atoms with E-state index in [0.29, 0.717) is 12.3 Å². The highest BCUT2D eigenvalue weighted by molar-refractivity contribution is 9.10. The molecule has 212 valence electrons. The fourth-order valence-electron chi connectivity index (χ4n) is 5.77. The minimum Gasteiger partial charge on any atom is -0.497 e. The van der Waals surface area contributed by atoms with Gasteiger partial charge >= 0.3 is 0 Å². The monoisotopic (exact) mass is 612 g/mol. The second-order valence-corrected chi connectivity index (χ2v) is 11.8. The number of pyridine rings is 1. The van der Waals surface area contributed by atoms with Crippen molar-refractivity contribution in [2.75, 3.05) is 34.9 Å². The summed E-state index contributed by atoms with van der Waals surface area (Å²) in [5.74, 6) is 0.903. The molecular weight excluding hydrogens is 576 g/mol. The molecule has 2 atom stereocenters. The van der Waals surface area contributed by atoms with Crippen LogP contribution >= 0.6 is 15.9 Å². The number of aromatic nitrogens is 1. The summed E-state index contributed by atoms with van der Waals surface area (Å²) in [6.07, 6.45) is 2.40. The number of aliphatic hydroxyl groups is 1. The minimum atomic E-state index is -1.24. The van der Waals surface area contributed by atoms with Crippen molar-refractivity contribution in [3.63, 3.8) is 0 Å². The van der Waals surface area contributed by atoms with Gasteiger partial charge in [-0.15, -0.1) is 0 Å². The van der Waals surface area contributed by atoms with E-state index in [1.807, 2.05) is 42.5 Å². The van der Waals surface area contributed by atoms with Crippen LogP contribution in [0.2, 0.25) is 0 Å². The molecule has 0 saturated heterocycles. The highest BCUT2D eigenvalue weighted by Crippen LogP contribution is 2.48. The average Bonchev–Trinajstić information content (AvgIpc) is 2.99. The maximum atomic E-state index is 13.1. The normalized spacial score (nSPS) is 13.8. The zero-order chi connectivity index (χ0) is 29.0. The molecule has 0 aliphatic heterocycles. The van der Waals surface area contributed by atoms with Crippen LogP contribution in [0.25, 0.3) is 21.7 Å². The van der Waals surface area contributed by atoms with Crippen molar-refractivity contribution in [1.29, 1.82) is 0 Å². The van der Waals surface area contributed by atoms with Crippen molar-refractivity contribution >= 4 is 37.6 Å². The summed E-state index contributed by atoms with van der Waals surface area (Å²) in [6.45, 7) is 0.957. The summed E-state index contributed by atoms with van der Waals surface area (Å²) in [7, 11) is 7.49. The van der Waals surface area contributed by atoms with Gasteiger partial charge in [0.25, 0.3) is 0 Å². The lowest BCUT2D eigenvalue weighted by atomic mass is 9.71. The maximum Gasteiger partial charge on any atom is 0.217 e. The second-order valence-electron chi connectivity index (χ2n) is 10.9. The zero-order valence-corrected chi connectivity index (χ0v) is 25.7. The predicted molar refractivity (Wildman–Crippen MR) is 171 cm³/mol. The molecule has 1 aromatic heterocycles. The van der Waals surface area contributed by atoms with Gasteiger partial charge in [-0.25, -0.2) is 4.98 Å². The number of rotatable bonds is 11. The van der Waals surface area contributed by atoms with Crippen LogP contribution < -0.4 is 9.47 Å². The van der Waals surface area contributed by atoms with Gasteiger partial charge in [-0.05, 0) is 104 Å². The quantitative estimate of drug-likeness (QED) is 0.154. The van der Waals surface area contributed by atoms with Crippen LogP contribution in [0.15, 0.2) is 95.5 Å². The SMILES string of the molecule is COc1ccc2cc(C(O)(CCCCN(C)C)C(c3ccccc3)c3cc4cc(Br)ccc4nc3OC)ccc2c1. The van der Waals surface area contributed by atoms with Crippen molar-refractivity contribution in [2.45, 2.75) is 30.8 Å². The lowest BCUT2D eigenvalue weighted by Gasteiger charge is -2.38. The highest BCUT2D eigenvalue weighted by Gasteiger charge is 2.42. The molecule has 0 aliphatic carbocycles. The Morgan fingerprint density at radius 3 is 2.32 bits per heavy atom. The molecule has 0 fully saturated rings. The van der Waals surface area contributed by atoms with Crippen LogP contribution in [0.1, 0.15) is 41.9 Å². The van der Waals surface area contributed by atoms with E-state index >= 15 is 0 Å². The van der Waals surface area contributed by atoms with Gasteiger partial charge in [0.15, 0.2) is 0 Å². The molecule has 0 amide bonds. The number of methoxy groups -OCH3 is 2. The van der Waals surface area contributed by atoms with Gasteiger partial charge in [-0.1, -0.05) is 64.5 Å². The average molecular weight is 614 g/mol. The van der Waals surface area contributed by atoms with Crippen molar-refractivity contribution in [1.82, 2.24) is 9.88 Å². The molecule has 0 spiro atoms. The Bertz CT molecular complexity index is 1640. The van der Waals surface area contributed by atoms with Crippen molar-refractivity contribution in [3.05, 3.63) is 112 Å². The summed E-state index contributed by atoms with van der Waals surface area (Å²) < 4.78 is 12.3. The molecule has 4 aromatic carbocycles. The highest BCUT2D eigenvalue weighted by atomic mass is 79.9. The van der Waals surface area contributed by atoms with Gasteiger partial charge in [-0.3, -0.25) is 0 Å². The van der Waals surface area contributed by atoms with Gasteiger partial charge in [0.1, 0.15) is 11.4 Å². The number of halogens is 1. The lowest BCUT2D eigenvalue weighted by molar-refractivity contribution is 0.00690. The standard InChI is InChI=1S/C35H37BrN2O3/c1-38(2)19-9-8-18-35(39,28-14-12-26-22-30(40-3)16-13-25(26)20-28)33(24-10-6-5-7-11-24)31-23-27-21-29(36)15-17-32(27)37-34(31)41-4/h5-7,10-17,20-23,33,39H,8-9,18-19H2,1-4H3. The van der Waals surface area contributed by atoms with E-state index in [0.717, 1.165) is 68.0 Å². The second kappa shape index (κ2) is 12.6. The molecule has 0 radical (unpaired) electrons. The van der Waals surface area contributed by atoms with Gasteiger partial charge in [0.05, 0.1) is 19.7 Å². The maximum absolute atomic E-state index is 13.1. The van der Waals surface area contributed by atoms with Gasteiger partial charge in [-0.2, -0.15) is 0 Å². The van der Waals surface area contributed by atoms with E-state index in [-0.39, 0.29) is 0 Å². The minimum absolute atomic E-state index is 0.426. The Balaban J connectivity index is 1.73.